The van der Waals surface area contributed by atoms with Crippen molar-refractivity contribution in [2.45, 2.75) is 17.7 Å². The maximum absolute atomic E-state index is 14.6. The molecular formula is C24H23FN4O2S. The normalized spacial score (nSPS) is 14.2. The second kappa shape index (κ2) is 7.94. The molecule has 0 atom stereocenters. The monoisotopic (exact) mass is 450 g/mol. The van der Waals surface area contributed by atoms with Crippen molar-refractivity contribution in [1.29, 1.82) is 0 Å². The van der Waals surface area contributed by atoms with Crippen molar-refractivity contribution in [3.8, 4) is 11.1 Å². The zero-order chi connectivity index (χ0) is 22.3. The molecule has 8 heteroatoms. The average molecular weight is 451 g/mol. The van der Waals surface area contributed by atoms with Gasteiger partial charge in [0.2, 0.25) is 0 Å². The number of fused-ring (bicyclic) bond motifs is 1. The number of aryl methyl sites for hydroxylation is 1. The third kappa shape index (κ3) is 3.60. The summed E-state index contributed by atoms with van der Waals surface area (Å²) in [5.74, 6) is -0.251. The molecule has 1 aliphatic heterocycles. The van der Waals surface area contributed by atoms with Crippen molar-refractivity contribution >= 4 is 32.4 Å². The van der Waals surface area contributed by atoms with Crippen LogP contribution in [0.2, 0.25) is 0 Å². The molecule has 0 aliphatic carbocycles. The molecule has 0 radical (unpaired) electrons. The topological polar surface area (TPSA) is 67.2 Å². The van der Waals surface area contributed by atoms with E-state index in [1.807, 2.05) is 23.9 Å². The summed E-state index contributed by atoms with van der Waals surface area (Å²) < 4.78 is 45.1. The Hall–Kier alpha value is -3.39. The van der Waals surface area contributed by atoms with Gasteiger partial charge in [-0.25, -0.2) is 17.8 Å². The number of rotatable bonds is 5. The van der Waals surface area contributed by atoms with Gasteiger partial charge >= 0.3 is 0 Å². The second-order valence-corrected chi connectivity index (χ2v) is 9.67. The Labute approximate surface area is 186 Å². The van der Waals surface area contributed by atoms with Crippen molar-refractivity contribution in [2.75, 3.05) is 22.7 Å². The number of aromatic nitrogens is 2. The third-order valence-electron chi connectivity index (χ3n) is 5.86. The Kier molecular flexibility index (Phi) is 5.09. The van der Waals surface area contributed by atoms with E-state index in [1.54, 1.807) is 48.7 Å². The zero-order valence-electron chi connectivity index (χ0n) is 17.6. The van der Waals surface area contributed by atoms with Crippen LogP contribution in [0.3, 0.4) is 0 Å². The number of halogens is 1. The van der Waals surface area contributed by atoms with Crippen LogP contribution in [0.4, 0.5) is 15.8 Å². The summed E-state index contributed by atoms with van der Waals surface area (Å²) in [4.78, 5) is 6.69. The molecule has 2 aromatic carbocycles. The molecule has 3 heterocycles. The molecule has 0 bridgehead atoms. The molecule has 6 nitrogen and oxygen atoms in total. The fourth-order valence-electron chi connectivity index (χ4n) is 4.29. The van der Waals surface area contributed by atoms with Crippen molar-refractivity contribution in [2.24, 2.45) is 7.05 Å². The molecule has 1 fully saturated rings. The average Bonchev–Trinajstić information content (AvgIpc) is 3.44. The number of hydrogen-bond acceptors (Lipinski definition) is 4. The molecule has 0 unspecified atom stereocenters. The van der Waals surface area contributed by atoms with Crippen LogP contribution in [0.5, 0.6) is 0 Å². The summed E-state index contributed by atoms with van der Waals surface area (Å²) in [6.45, 7) is 1.67. The first-order valence-electron chi connectivity index (χ1n) is 10.5. The summed E-state index contributed by atoms with van der Waals surface area (Å²) in [6, 6.07) is 14.9. The lowest BCUT2D eigenvalue weighted by atomic mass is 10.0. The Morgan fingerprint density at radius 1 is 1.03 bits per heavy atom. The lowest BCUT2D eigenvalue weighted by Gasteiger charge is -2.19. The highest BCUT2D eigenvalue weighted by molar-refractivity contribution is 7.92. The van der Waals surface area contributed by atoms with Crippen LogP contribution in [0.25, 0.3) is 22.2 Å². The van der Waals surface area contributed by atoms with Gasteiger partial charge in [-0.2, -0.15) is 0 Å². The Morgan fingerprint density at radius 3 is 2.53 bits per heavy atom. The van der Waals surface area contributed by atoms with Crippen molar-refractivity contribution in [3.63, 3.8) is 0 Å². The molecule has 0 saturated carbocycles. The maximum atomic E-state index is 14.6. The van der Waals surface area contributed by atoms with Crippen molar-refractivity contribution in [1.82, 2.24) is 9.55 Å². The van der Waals surface area contributed by atoms with E-state index in [-0.39, 0.29) is 10.7 Å². The van der Waals surface area contributed by atoms with Gasteiger partial charge in [0.05, 0.1) is 21.7 Å². The fraction of sp³-hybridized carbons (Fsp3) is 0.208. The van der Waals surface area contributed by atoms with Crippen LogP contribution < -0.4 is 9.62 Å². The van der Waals surface area contributed by atoms with Crippen LogP contribution in [0.1, 0.15) is 12.8 Å². The van der Waals surface area contributed by atoms with Crippen LogP contribution in [0.15, 0.2) is 71.9 Å². The fourth-order valence-corrected chi connectivity index (χ4v) is 5.38. The lowest BCUT2D eigenvalue weighted by Crippen LogP contribution is -2.18. The number of pyridine rings is 1. The van der Waals surface area contributed by atoms with Gasteiger partial charge in [0.15, 0.2) is 0 Å². The van der Waals surface area contributed by atoms with E-state index in [1.165, 1.54) is 6.07 Å². The van der Waals surface area contributed by atoms with Crippen molar-refractivity contribution in [3.05, 3.63) is 72.8 Å². The van der Waals surface area contributed by atoms with Gasteiger partial charge in [-0.3, -0.25) is 4.72 Å². The maximum Gasteiger partial charge on any atom is 0.261 e. The summed E-state index contributed by atoms with van der Waals surface area (Å²) >= 11 is 0. The largest absolute Gasteiger partial charge is 0.369 e. The van der Waals surface area contributed by atoms with Crippen LogP contribution in [0, 0.1) is 5.82 Å². The Bertz CT molecular complexity index is 1390. The van der Waals surface area contributed by atoms with Gasteiger partial charge in [0.25, 0.3) is 10.0 Å². The number of benzene rings is 2. The molecule has 164 valence electrons. The highest BCUT2D eigenvalue weighted by Gasteiger charge is 2.21. The number of sulfonamides is 1. The van der Waals surface area contributed by atoms with Gasteiger partial charge in [0, 0.05) is 38.1 Å². The molecule has 0 spiro atoms. The first kappa shape index (κ1) is 20.5. The zero-order valence-corrected chi connectivity index (χ0v) is 18.4. The van der Waals surface area contributed by atoms with Gasteiger partial charge in [-0.1, -0.05) is 24.3 Å². The number of anilines is 2. The van der Waals surface area contributed by atoms with Crippen molar-refractivity contribution < 1.29 is 12.8 Å². The highest BCUT2D eigenvalue weighted by Crippen LogP contribution is 2.37. The summed E-state index contributed by atoms with van der Waals surface area (Å²) in [5.41, 5.74) is 3.25. The van der Waals surface area contributed by atoms with Crippen LogP contribution >= 0.6 is 0 Å². The first-order valence-corrected chi connectivity index (χ1v) is 12.0. The standard InChI is InChI=1S/C24H23FN4O2S/c1-28-16-19(17-9-10-20(25)22(15-17)29-13-5-6-14-29)23-21(11-12-26-24(23)28)27-32(30,31)18-7-3-2-4-8-18/h2-4,7-12,15-16H,5-6,13-14H2,1H3,(H,26,27). The summed E-state index contributed by atoms with van der Waals surface area (Å²) in [7, 11) is -1.92. The van der Waals surface area contributed by atoms with E-state index >= 15 is 0 Å². The quantitative estimate of drug-likeness (QED) is 0.475. The molecule has 1 saturated heterocycles. The Morgan fingerprint density at radius 2 is 1.78 bits per heavy atom. The summed E-state index contributed by atoms with van der Waals surface area (Å²) in [5, 5.41) is 0.675. The highest BCUT2D eigenvalue weighted by atomic mass is 32.2. The van der Waals surface area contributed by atoms with E-state index in [4.69, 9.17) is 0 Å². The predicted octanol–water partition coefficient (Wildman–Crippen LogP) is 4.78. The van der Waals surface area contributed by atoms with Crippen LogP contribution in [-0.2, 0) is 17.1 Å². The van der Waals surface area contributed by atoms with Gasteiger partial charge in [-0.15, -0.1) is 0 Å². The summed E-state index contributed by atoms with van der Waals surface area (Å²) in [6.07, 6.45) is 5.58. The number of hydrogen-bond donors (Lipinski definition) is 1. The molecule has 5 rings (SSSR count). The van der Waals surface area contributed by atoms with E-state index in [2.05, 4.69) is 14.6 Å². The second-order valence-electron chi connectivity index (χ2n) is 7.99. The van der Waals surface area contributed by atoms with Gasteiger partial charge in [0.1, 0.15) is 11.5 Å². The van der Waals surface area contributed by atoms with E-state index in [0.717, 1.165) is 37.1 Å². The SMILES string of the molecule is Cn1cc(-c2ccc(F)c(N3CCCC3)c2)c2c(NS(=O)(=O)c3ccccc3)ccnc21. The third-order valence-corrected chi connectivity index (χ3v) is 7.24. The molecule has 1 N–H and O–H groups in total. The molecule has 4 aromatic rings. The minimum Gasteiger partial charge on any atom is -0.369 e. The predicted molar refractivity (Wildman–Crippen MR) is 125 cm³/mol. The number of nitrogens with one attached hydrogen (secondary N) is 1. The lowest BCUT2D eigenvalue weighted by molar-refractivity contribution is 0.601. The van der Waals surface area contributed by atoms with E-state index < -0.39 is 10.0 Å². The Balaban J connectivity index is 1.64. The van der Waals surface area contributed by atoms with Gasteiger partial charge < -0.3 is 9.47 Å². The molecule has 2 aromatic heterocycles. The first-order chi connectivity index (χ1) is 15.4. The number of nitrogens with zero attached hydrogens (tertiary/aromatic N) is 3. The smallest absolute Gasteiger partial charge is 0.261 e. The van der Waals surface area contributed by atoms with Crippen LogP contribution in [-0.4, -0.2) is 31.1 Å². The molecule has 1 aliphatic rings. The van der Waals surface area contributed by atoms with Gasteiger partial charge in [-0.05, 0) is 48.7 Å². The molecule has 0 amide bonds. The van der Waals surface area contributed by atoms with E-state index in [9.17, 15) is 12.8 Å². The minimum absolute atomic E-state index is 0.181. The van der Waals surface area contributed by atoms with E-state index in [0.29, 0.717) is 22.4 Å². The molecule has 32 heavy (non-hydrogen) atoms. The minimum atomic E-state index is -3.78. The molecular weight excluding hydrogens is 427 g/mol.